The number of benzene rings is 1. The Hall–Kier alpha value is -3.35. The lowest BCUT2D eigenvalue weighted by atomic mass is 10.0. The molecule has 29 heavy (non-hydrogen) atoms. The number of hydrogen-bond donors (Lipinski definition) is 4. The van der Waals surface area contributed by atoms with Crippen LogP contribution in [0, 0.1) is 22.6 Å². The summed E-state index contributed by atoms with van der Waals surface area (Å²) < 4.78 is 19.1. The number of piperidine rings is 1. The molecule has 2 rings (SSSR count). The standard InChI is InChI=1S/C19H26FN7O2/c1-19(2,3)29-18(28)27-8-6-13(7-9-27)24-14-5-4-12(20)10-15(14)25-26-16(11-21)17(22)23/h4-5,10,13,24-25H,6-9H2,1-3H3,(H3,22,23)/b26-16+. The largest absolute Gasteiger partial charge is 0.444 e. The molecule has 1 heterocycles. The fraction of sp³-hybridized carbons (Fsp3) is 0.474. The molecule has 5 N–H and O–H groups in total. The van der Waals surface area contributed by atoms with Gasteiger partial charge in [-0.2, -0.15) is 10.4 Å². The van der Waals surface area contributed by atoms with E-state index in [-0.39, 0.29) is 17.8 Å². The van der Waals surface area contributed by atoms with E-state index in [0.717, 1.165) is 0 Å². The Balaban J connectivity index is 2.02. The number of carbonyl (C=O) groups is 1. The zero-order valence-corrected chi connectivity index (χ0v) is 16.8. The highest BCUT2D eigenvalue weighted by Crippen LogP contribution is 2.26. The summed E-state index contributed by atoms with van der Waals surface area (Å²) in [6.07, 6.45) is 1.05. The quantitative estimate of drug-likeness (QED) is 0.339. The number of anilines is 2. The molecule has 0 aliphatic carbocycles. The van der Waals surface area contributed by atoms with Crippen molar-refractivity contribution in [3.63, 3.8) is 0 Å². The highest BCUT2D eigenvalue weighted by Gasteiger charge is 2.27. The third-order valence-corrected chi connectivity index (χ3v) is 4.14. The summed E-state index contributed by atoms with van der Waals surface area (Å²) in [4.78, 5) is 13.8. The van der Waals surface area contributed by atoms with E-state index in [1.165, 1.54) is 12.1 Å². The molecule has 1 amide bonds. The van der Waals surface area contributed by atoms with E-state index in [1.54, 1.807) is 17.0 Å². The average Bonchev–Trinajstić information content (AvgIpc) is 2.63. The normalized spacial score (nSPS) is 15.4. The summed E-state index contributed by atoms with van der Waals surface area (Å²) in [7, 11) is 0. The van der Waals surface area contributed by atoms with E-state index in [1.807, 2.05) is 20.8 Å². The molecule has 1 aromatic carbocycles. The number of halogens is 1. The van der Waals surface area contributed by atoms with Gasteiger partial charge in [-0.05, 0) is 45.7 Å². The van der Waals surface area contributed by atoms with Crippen molar-refractivity contribution in [2.45, 2.75) is 45.3 Å². The monoisotopic (exact) mass is 403 g/mol. The molecule has 0 aromatic heterocycles. The first-order valence-electron chi connectivity index (χ1n) is 9.21. The maximum absolute atomic E-state index is 13.7. The number of nitrogens with one attached hydrogen (secondary N) is 3. The van der Waals surface area contributed by atoms with Gasteiger partial charge in [0.1, 0.15) is 17.5 Å². The Morgan fingerprint density at radius 2 is 2.03 bits per heavy atom. The van der Waals surface area contributed by atoms with Crippen molar-refractivity contribution in [2.24, 2.45) is 10.8 Å². The van der Waals surface area contributed by atoms with E-state index in [9.17, 15) is 9.18 Å². The van der Waals surface area contributed by atoms with Crippen LogP contribution in [0.2, 0.25) is 0 Å². The minimum absolute atomic E-state index is 0.0620. The van der Waals surface area contributed by atoms with Gasteiger partial charge < -0.3 is 20.7 Å². The van der Waals surface area contributed by atoms with Gasteiger partial charge in [0.2, 0.25) is 5.71 Å². The topological polar surface area (TPSA) is 140 Å². The van der Waals surface area contributed by atoms with Crippen molar-refractivity contribution in [3.8, 4) is 6.07 Å². The molecule has 0 bridgehead atoms. The number of nitrogens with zero attached hydrogens (tertiary/aromatic N) is 3. The first-order valence-corrected chi connectivity index (χ1v) is 9.21. The van der Waals surface area contributed by atoms with E-state index in [4.69, 9.17) is 21.1 Å². The summed E-state index contributed by atoms with van der Waals surface area (Å²) in [5, 5.41) is 23.3. The maximum Gasteiger partial charge on any atom is 0.410 e. The van der Waals surface area contributed by atoms with Crippen LogP contribution in [0.5, 0.6) is 0 Å². The SMILES string of the molecule is CC(C)(C)OC(=O)N1CCC(Nc2ccc(F)cc2N/N=C(\C#N)C(=N)N)CC1. The fourth-order valence-electron chi connectivity index (χ4n) is 2.75. The molecule has 156 valence electrons. The van der Waals surface area contributed by atoms with Gasteiger partial charge in [0.25, 0.3) is 0 Å². The number of rotatable bonds is 5. The summed E-state index contributed by atoms with van der Waals surface area (Å²) in [6, 6.07) is 5.86. The van der Waals surface area contributed by atoms with Gasteiger partial charge in [0.05, 0.1) is 11.4 Å². The van der Waals surface area contributed by atoms with Gasteiger partial charge in [0.15, 0.2) is 5.84 Å². The Morgan fingerprint density at radius 1 is 1.38 bits per heavy atom. The Kier molecular flexibility index (Phi) is 6.98. The summed E-state index contributed by atoms with van der Waals surface area (Å²) >= 11 is 0. The molecule has 1 aliphatic heterocycles. The predicted molar refractivity (Wildman–Crippen MR) is 109 cm³/mol. The number of nitrogens with two attached hydrogens (primary N) is 1. The number of hydrogen-bond acceptors (Lipinski definition) is 7. The molecule has 1 fully saturated rings. The Morgan fingerprint density at radius 3 is 2.59 bits per heavy atom. The number of ether oxygens (including phenoxy) is 1. The van der Waals surface area contributed by atoms with Crippen molar-refractivity contribution in [3.05, 3.63) is 24.0 Å². The van der Waals surface area contributed by atoms with Crippen LogP contribution in [0.15, 0.2) is 23.3 Å². The van der Waals surface area contributed by atoms with Crippen LogP contribution in [-0.2, 0) is 4.74 Å². The third kappa shape index (κ3) is 6.64. The van der Waals surface area contributed by atoms with E-state index >= 15 is 0 Å². The molecule has 10 heteroatoms. The van der Waals surface area contributed by atoms with Crippen molar-refractivity contribution in [1.82, 2.24) is 4.90 Å². The lowest BCUT2D eigenvalue weighted by Gasteiger charge is -2.34. The molecule has 1 aromatic rings. The molecule has 0 atom stereocenters. The second kappa shape index (κ2) is 9.23. The van der Waals surface area contributed by atoms with Crippen molar-refractivity contribution >= 4 is 29.0 Å². The summed E-state index contributed by atoms with van der Waals surface area (Å²) in [5.74, 6) is -0.963. The van der Waals surface area contributed by atoms with Crippen LogP contribution in [0.4, 0.5) is 20.6 Å². The highest BCUT2D eigenvalue weighted by molar-refractivity contribution is 6.45. The molecule has 9 nitrogen and oxygen atoms in total. The Labute approximate surface area is 169 Å². The number of hydrazone groups is 1. The number of likely N-dealkylation sites (tertiary alicyclic amines) is 1. The van der Waals surface area contributed by atoms with Crippen LogP contribution in [0.1, 0.15) is 33.6 Å². The van der Waals surface area contributed by atoms with Gasteiger partial charge in [-0.1, -0.05) is 0 Å². The van der Waals surface area contributed by atoms with Crippen LogP contribution in [0.3, 0.4) is 0 Å². The Bertz CT molecular complexity index is 834. The van der Waals surface area contributed by atoms with E-state index in [2.05, 4.69) is 15.8 Å². The highest BCUT2D eigenvalue weighted by atomic mass is 19.1. The zero-order chi connectivity index (χ0) is 21.6. The lowest BCUT2D eigenvalue weighted by Crippen LogP contribution is -2.44. The molecule has 0 radical (unpaired) electrons. The van der Waals surface area contributed by atoms with Gasteiger partial charge >= 0.3 is 6.09 Å². The second-order valence-corrected chi connectivity index (χ2v) is 7.67. The first-order chi connectivity index (χ1) is 13.6. The van der Waals surface area contributed by atoms with Crippen LogP contribution in [0.25, 0.3) is 0 Å². The van der Waals surface area contributed by atoms with Crippen LogP contribution in [-0.4, -0.2) is 47.3 Å². The maximum atomic E-state index is 13.7. The third-order valence-electron chi connectivity index (χ3n) is 4.14. The number of amidine groups is 1. The molecule has 0 unspecified atom stereocenters. The molecule has 0 saturated carbocycles. The number of carbonyl (C=O) groups excluding carboxylic acids is 1. The second-order valence-electron chi connectivity index (χ2n) is 7.67. The fourth-order valence-corrected chi connectivity index (χ4v) is 2.75. The minimum atomic E-state index is -0.538. The van der Waals surface area contributed by atoms with Crippen molar-refractivity contribution in [2.75, 3.05) is 23.8 Å². The van der Waals surface area contributed by atoms with E-state index < -0.39 is 17.3 Å². The number of amides is 1. The van der Waals surface area contributed by atoms with E-state index in [0.29, 0.717) is 37.3 Å². The summed E-state index contributed by atoms with van der Waals surface area (Å²) in [5.41, 5.74) is 7.91. The van der Waals surface area contributed by atoms with Crippen molar-refractivity contribution in [1.29, 1.82) is 10.7 Å². The van der Waals surface area contributed by atoms with Crippen LogP contribution >= 0.6 is 0 Å². The zero-order valence-electron chi connectivity index (χ0n) is 16.8. The molecular formula is C19H26FN7O2. The molecule has 0 spiro atoms. The lowest BCUT2D eigenvalue weighted by molar-refractivity contribution is 0.0210. The van der Waals surface area contributed by atoms with Gasteiger partial charge in [0, 0.05) is 25.2 Å². The van der Waals surface area contributed by atoms with Gasteiger partial charge in [-0.3, -0.25) is 10.8 Å². The van der Waals surface area contributed by atoms with Crippen molar-refractivity contribution < 1.29 is 13.9 Å². The molecule has 1 saturated heterocycles. The van der Waals surface area contributed by atoms with Gasteiger partial charge in [-0.25, -0.2) is 9.18 Å². The summed E-state index contributed by atoms with van der Waals surface area (Å²) in [6.45, 7) is 6.56. The average molecular weight is 403 g/mol. The molecule has 1 aliphatic rings. The molecular weight excluding hydrogens is 377 g/mol. The van der Waals surface area contributed by atoms with Crippen LogP contribution < -0.4 is 16.5 Å². The van der Waals surface area contributed by atoms with Gasteiger partial charge in [-0.15, -0.1) is 0 Å². The first kappa shape index (κ1) is 21.9. The smallest absolute Gasteiger partial charge is 0.410 e. The number of nitriles is 1. The predicted octanol–water partition coefficient (Wildman–Crippen LogP) is 2.86. The minimum Gasteiger partial charge on any atom is -0.444 e.